The van der Waals surface area contributed by atoms with Gasteiger partial charge in [0.05, 0.1) is 27.2 Å². The minimum absolute atomic E-state index is 0. The zero-order chi connectivity index (χ0) is 13.2. The molecule has 0 aliphatic carbocycles. The van der Waals surface area contributed by atoms with E-state index in [0.717, 1.165) is 29.8 Å². The second-order valence-electron chi connectivity index (χ2n) is 5.71. The molecule has 0 spiro atoms. The van der Waals surface area contributed by atoms with E-state index in [-0.39, 0.29) is 30.6 Å². The second kappa shape index (κ2) is 6.76. The Morgan fingerprint density at radius 2 is 1.95 bits per heavy atom. The first-order valence-electron chi connectivity index (χ1n) is 6.57. The zero-order valence-corrected chi connectivity index (χ0v) is 13.9. The summed E-state index contributed by atoms with van der Waals surface area (Å²) in [6.07, 6.45) is 1.18. The van der Waals surface area contributed by atoms with E-state index in [1.54, 1.807) is 0 Å². The van der Waals surface area contributed by atoms with Crippen molar-refractivity contribution in [3.63, 3.8) is 0 Å². The number of anilines is 2. The molecule has 2 rings (SSSR count). The third kappa shape index (κ3) is 3.97. The van der Waals surface area contributed by atoms with Crippen LogP contribution in [-0.4, -0.2) is 56.0 Å². The molecule has 1 fully saturated rings. The number of nitrogens with two attached hydrogens (primary N) is 1. The highest BCUT2D eigenvalue weighted by molar-refractivity contribution is 5.53. The number of aliphatic hydroxyl groups is 1. The molecule has 1 aromatic carbocycles. The van der Waals surface area contributed by atoms with Gasteiger partial charge in [-0.05, 0) is 24.3 Å². The maximum absolute atomic E-state index is 9.13. The monoisotopic (exact) mass is 377 g/mol. The lowest BCUT2D eigenvalue weighted by molar-refractivity contribution is -0.912. The molecule has 1 unspecified atom stereocenters. The quantitative estimate of drug-likeness (QED) is 0.360. The number of rotatable bonds is 4. The number of likely N-dealkylation sites (N-methyl/N-ethyl adjacent to an activating group) is 1. The minimum Gasteiger partial charge on any atom is -1.00 e. The molecular formula is C14H24IN3O. The van der Waals surface area contributed by atoms with Crippen molar-refractivity contribution >= 4 is 11.4 Å². The van der Waals surface area contributed by atoms with Crippen molar-refractivity contribution < 1.29 is 33.6 Å². The van der Waals surface area contributed by atoms with Crippen LogP contribution in [0.25, 0.3) is 0 Å². The SMILES string of the molecule is C[N+](C)(CCO)C1CCN(c2ccc(N)cc2)C1.[I-]. The Bertz CT molecular complexity index is 394. The molecule has 0 radical (unpaired) electrons. The lowest BCUT2D eigenvalue weighted by atomic mass is 10.2. The number of hydrogen-bond donors (Lipinski definition) is 2. The van der Waals surface area contributed by atoms with Crippen LogP contribution in [0.3, 0.4) is 0 Å². The first-order chi connectivity index (χ1) is 8.53. The molecule has 1 atom stereocenters. The molecule has 0 amide bonds. The first kappa shape index (κ1) is 16.5. The maximum Gasteiger partial charge on any atom is 0.108 e. The fourth-order valence-corrected chi connectivity index (χ4v) is 2.67. The van der Waals surface area contributed by atoms with Crippen LogP contribution in [0.2, 0.25) is 0 Å². The summed E-state index contributed by atoms with van der Waals surface area (Å²) in [5, 5.41) is 9.13. The Kier molecular flexibility index (Phi) is 5.88. The van der Waals surface area contributed by atoms with Gasteiger partial charge in [0.1, 0.15) is 12.6 Å². The van der Waals surface area contributed by atoms with Gasteiger partial charge in [-0.2, -0.15) is 0 Å². The van der Waals surface area contributed by atoms with E-state index in [1.807, 2.05) is 12.1 Å². The first-order valence-corrected chi connectivity index (χ1v) is 6.57. The predicted octanol–water partition coefficient (Wildman–Crippen LogP) is -2.08. The molecule has 19 heavy (non-hydrogen) atoms. The second-order valence-corrected chi connectivity index (χ2v) is 5.71. The summed E-state index contributed by atoms with van der Waals surface area (Å²) in [5.74, 6) is 0. The summed E-state index contributed by atoms with van der Waals surface area (Å²) in [5.41, 5.74) is 7.77. The van der Waals surface area contributed by atoms with Crippen molar-refractivity contribution in [2.24, 2.45) is 0 Å². The van der Waals surface area contributed by atoms with Crippen LogP contribution >= 0.6 is 0 Å². The third-order valence-electron chi connectivity index (χ3n) is 4.09. The summed E-state index contributed by atoms with van der Waals surface area (Å²) >= 11 is 0. The Morgan fingerprint density at radius 3 is 2.53 bits per heavy atom. The van der Waals surface area contributed by atoms with Gasteiger partial charge in [0.15, 0.2) is 0 Å². The molecule has 0 saturated carbocycles. The molecule has 4 nitrogen and oxygen atoms in total. The van der Waals surface area contributed by atoms with Crippen LogP contribution in [0.15, 0.2) is 24.3 Å². The third-order valence-corrected chi connectivity index (χ3v) is 4.09. The van der Waals surface area contributed by atoms with Gasteiger partial charge >= 0.3 is 0 Å². The Labute approximate surface area is 132 Å². The molecule has 3 N–H and O–H groups in total. The molecule has 1 aliphatic rings. The van der Waals surface area contributed by atoms with E-state index in [0.29, 0.717) is 6.04 Å². The summed E-state index contributed by atoms with van der Waals surface area (Å²) < 4.78 is 0.891. The summed E-state index contributed by atoms with van der Waals surface area (Å²) in [7, 11) is 4.40. The van der Waals surface area contributed by atoms with E-state index in [4.69, 9.17) is 10.8 Å². The van der Waals surface area contributed by atoms with Gasteiger partial charge in [0, 0.05) is 24.3 Å². The van der Waals surface area contributed by atoms with Gasteiger partial charge in [-0.3, -0.25) is 0 Å². The Morgan fingerprint density at radius 1 is 1.32 bits per heavy atom. The number of hydrogen-bond acceptors (Lipinski definition) is 3. The maximum atomic E-state index is 9.13. The molecular weight excluding hydrogens is 353 g/mol. The van der Waals surface area contributed by atoms with Crippen molar-refractivity contribution in [1.82, 2.24) is 0 Å². The molecule has 5 heteroatoms. The molecule has 108 valence electrons. The largest absolute Gasteiger partial charge is 1.00 e. The van der Waals surface area contributed by atoms with E-state index in [2.05, 4.69) is 31.1 Å². The zero-order valence-electron chi connectivity index (χ0n) is 11.7. The highest BCUT2D eigenvalue weighted by Gasteiger charge is 2.34. The lowest BCUT2D eigenvalue weighted by Crippen LogP contribution is -3.00. The van der Waals surface area contributed by atoms with Crippen LogP contribution in [0, 0.1) is 0 Å². The molecule has 1 aliphatic heterocycles. The predicted molar refractivity (Wildman–Crippen MR) is 75.5 cm³/mol. The van der Waals surface area contributed by atoms with Gasteiger partial charge < -0.3 is 44.2 Å². The van der Waals surface area contributed by atoms with Gasteiger partial charge in [0.2, 0.25) is 0 Å². The number of quaternary nitrogens is 1. The van der Waals surface area contributed by atoms with Crippen molar-refractivity contribution in [1.29, 1.82) is 0 Å². The average Bonchev–Trinajstić information content (AvgIpc) is 2.80. The summed E-state index contributed by atoms with van der Waals surface area (Å²) in [6.45, 7) is 3.21. The van der Waals surface area contributed by atoms with Crippen LogP contribution < -0.4 is 34.6 Å². The van der Waals surface area contributed by atoms with Gasteiger partial charge in [-0.15, -0.1) is 0 Å². The fourth-order valence-electron chi connectivity index (χ4n) is 2.67. The molecule has 0 aromatic heterocycles. The summed E-state index contributed by atoms with van der Waals surface area (Å²) in [4.78, 5) is 2.40. The van der Waals surface area contributed by atoms with E-state index in [1.165, 1.54) is 12.1 Å². The van der Waals surface area contributed by atoms with Crippen LogP contribution in [0.1, 0.15) is 6.42 Å². The van der Waals surface area contributed by atoms with E-state index >= 15 is 0 Å². The van der Waals surface area contributed by atoms with Crippen LogP contribution in [0.4, 0.5) is 11.4 Å². The van der Waals surface area contributed by atoms with Gasteiger partial charge in [-0.25, -0.2) is 0 Å². The smallest absolute Gasteiger partial charge is 0.108 e. The molecule has 1 saturated heterocycles. The van der Waals surface area contributed by atoms with Crippen molar-refractivity contribution in [2.45, 2.75) is 12.5 Å². The number of nitrogen functional groups attached to an aromatic ring is 1. The average molecular weight is 377 g/mol. The number of halogens is 1. The number of nitrogens with zero attached hydrogens (tertiary/aromatic N) is 2. The van der Waals surface area contributed by atoms with Gasteiger partial charge in [-0.1, -0.05) is 0 Å². The highest BCUT2D eigenvalue weighted by Crippen LogP contribution is 2.25. The molecule has 1 aromatic rings. The van der Waals surface area contributed by atoms with Crippen molar-refractivity contribution in [3.05, 3.63) is 24.3 Å². The topological polar surface area (TPSA) is 49.5 Å². The Balaban J connectivity index is 0.00000180. The van der Waals surface area contributed by atoms with Gasteiger partial charge in [0.25, 0.3) is 0 Å². The van der Waals surface area contributed by atoms with E-state index < -0.39 is 0 Å². The highest BCUT2D eigenvalue weighted by atomic mass is 127. The standard InChI is InChI=1S/C14H24N3O.HI/c1-17(2,9-10-18)14-7-8-16(11-14)13-5-3-12(15)4-6-13;/h3-6,14,18H,7-11,15H2,1-2H3;1H/q+1;/p-1. The van der Waals surface area contributed by atoms with Crippen molar-refractivity contribution in [3.8, 4) is 0 Å². The fraction of sp³-hybridized carbons (Fsp3) is 0.571. The summed E-state index contributed by atoms with van der Waals surface area (Å²) in [6, 6.07) is 8.68. The van der Waals surface area contributed by atoms with Crippen molar-refractivity contribution in [2.75, 3.05) is 51.0 Å². The minimum atomic E-state index is 0. The number of aliphatic hydroxyl groups excluding tert-OH is 1. The van der Waals surface area contributed by atoms with Crippen LogP contribution in [-0.2, 0) is 0 Å². The van der Waals surface area contributed by atoms with Crippen LogP contribution in [0.5, 0.6) is 0 Å². The molecule has 1 heterocycles. The Hall–Kier alpha value is -0.530. The molecule has 0 bridgehead atoms. The lowest BCUT2D eigenvalue weighted by Gasteiger charge is -2.35. The number of benzene rings is 1. The van der Waals surface area contributed by atoms with E-state index in [9.17, 15) is 0 Å². The normalized spacial score (nSPS) is 19.3.